The van der Waals surface area contributed by atoms with Gasteiger partial charge < -0.3 is 9.84 Å². The highest BCUT2D eigenvalue weighted by Crippen LogP contribution is 2.32. The van der Waals surface area contributed by atoms with E-state index in [0.717, 1.165) is 0 Å². The maximum absolute atomic E-state index is 12.5. The Morgan fingerprint density at radius 3 is 2.60 bits per heavy atom. The van der Waals surface area contributed by atoms with Crippen LogP contribution in [0.3, 0.4) is 0 Å². The molecule has 116 valence electrons. The zero-order chi connectivity index (χ0) is 15.0. The number of aliphatic hydroxyl groups is 1. The van der Waals surface area contributed by atoms with E-state index in [2.05, 4.69) is 0 Å². The van der Waals surface area contributed by atoms with Crippen molar-refractivity contribution in [3.63, 3.8) is 0 Å². The van der Waals surface area contributed by atoms with Crippen molar-refractivity contribution >= 4 is 16.2 Å². The van der Waals surface area contributed by atoms with E-state index in [4.69, 9.17) is 4.74 Å². The molecule has 0 aromatic rings. The Kier molecular flexibility index (Phi) is 4.38. The Morgan fingerprint density at radius 2 is 2.05 bits per heavy atom. The van der Waals surface area contributed by atoms with Crippen molar-refractivity contribution in [2.24, 2.45) is 0 Å². The first kappa shape index (κ1) is 15.7. The highest BCUT2D eigenvalue weighted by molar-refractivity contribution is 7.86. The van der Waals surface area contributed by atoms with E-state index < -0.39 is 27.8 Å². The minimum absolute atomic E-state index is 0.0951. The van der Waals surface area contributed by atoms with Crippen LogP contribution in [-0.4, -0.2) is 66.0 Å². The van der Waals surface area contributed by atoms with Gasteiger partial charge in [0.2, 0.25) is 0 Å². The summed E-state index contributed by atoms with van der Waals surface area (Å²) in [5, 5.41) is 9.94. The van der Waals surface area contributed by atoms with Crippen LogP contribution >= 0.6 is 0 Å². The number of hydrogen-bond acceptors (Lipinski definition) is 5. The standard InChI is InChI=1S/C12H22N2O5S/c1-3-12(16)8-13(9-12)20(17,18)14-7-5-6-10(14)11(15)19-4-2/h10,16H,3-9H2,1-2H3. The SMILES string of the molecule is CCOC(=O)C1CCCN1S(=O)(=O)N1CC(O)(CC)C1. The molecule has 0 aromatic carbocycles. The lowest BCUT2D eigenvalue weighted by atomic mass is 9.94. The maximum Gasteiger partial charge on any atom is 0.324 e. The van der Waals surface area contributed by atoms with E-state index in [1.54, 1.807) is 6.92 Å². The summed E-state index contributed by atoms with van der Waals surface area (Å²) >= 11 is 0. The summed E-state index contributed by atoms with van der Waals surface area (Å²) in [5.74, 6) is -0.486. The molecule has 2 aliphatic heterocycles. The van der Waals surface area contributed by atoms with Gasteiger partial charge in [-0.15, -0.1) is 0 Å². The second-order valence-corrected chi connectivity index (χ2v) is 7.26. The topological polar surface area (TPSA) is 87.2 Å². The van der Waals surface area contributed by atoms with Gasteiger partial charge in [0.25, 0.3) is 10.2 Å². The van der Waals surface area contributed by atoms with Crippen LogP contribution in [-0.2, 0) is 19.7 Å². The first-order valence-electron chi connectivity index (χ1n) is 7.00. The van der Waals surface area contributed by atoms with Crippen molar-refractivity contribution < 1.29 is 23.1 Å². The largest absolute Gasteiger partial charge is 0.465 e. The average Bonchev–Trinajstić information content (AvgIpc) is 2.85. The minimum Gasteiger partial charge on any atom is -0.465 e. The molecular weight excluding hydrogens is 284 g/mol. The minimum atomic E-state index is -3.69. The van der Waals surface area contributed by atoms with Crippen molar-refractivity contribution in [3.05, 3.63) is 0 Å². The Balaban J connectivity index is 2.08. The Labute approximate surface area is 119 Å². The number of β-amino-alcohol motifs (C(OH)–C–C–N with tert-alkyl or cyclic N) is 1. The number of ether oxygens (including phenoxy) is 1. The Hall–Kier alpha value is -0.700. The number of nitrogens with zero attached hydrogens (tertiary/aromatic N) is 2. The Morgan fingerprint density at radius 1 is 1.40 bits per heavy atom. The quantitative estimate of drug-likeness (QED) is 0.706. The van der Waals surface area contributed by atoms with Crippen molar-refractivity contribution in [2.75, 3.05) is 26.2 Å². The van der Waals surface area contributed by atoms with E-state index in [9.17, 15) is 18.3 Å². The number of esters is 1. The van der Waals surface area contributed by atoms with Crippen LogP contribution in [0, 0.1) is 0 Å². The average molecular weight is 306 g/mol. The molecule has 2 rings (SSSR count). The lowest BCUT2D eigenvalue weighted by Crippen LogP contribution is -2.66. The second-order valence-electron chi connectivity index (χ2n) is 5.37. The number of hydrogen-bond donors (Lipinski definition) is 1. The molecule has 0 saturated carbocycles. The van der Waals surface area contributed by atoms with Gasteiger partial charge in [-0.2, -0.15) is 17.0 Å². The molecule has 0 radical (unpaired) electrons. The molecule has 8 heteroatoms. The highest BCUT2D eigenvalue weighted by atomic mass is 32.2. The van der Waals surface area contributed by atoms with Gasteiger partial charge in [0.05, 0.1) is 12.2 Å². The van der Waals surface area contributed by atoms with Crippen LogP contribution in [0.5, 0.6) is 0 Å². The molecule has 0 bridgehead atoms. The molecule has 7 nitrogen and oxygen atoms in total. The molecule has 2 fully saturated rings. The van der Waals surface area contributed by atoms with Gasteiger partial charge in [-0.1, -0.05) is 6.92 Å². The summed E-state index contributed by atoms with van der Waals surface area (Å²) in [4.78, 5) is 11.8. The van der Waals surface area contributed by atoms with Crippen LogP contribution < -0.4 is 0 Å². The molecule has 1 N–H and O–H groups in total. The normalized spacial score (nSPS) is 27.2. The molecule has 0 aromatic heterocycles. The van der Waals surface area contributed by atoms with E-state index in [1.807, 2.05) is 6.92 Å². The first-order chi connectivity index (χ1) is 9.34. The van der Waals surface area contributed by atoms with Crippen LogP contribution in [0.25, 0.3) is 0 Å². The summed E-state index contributed by atoms with van der Waals surface area (Å²) in [5.41, 5.74) is -0.924. The highest BCUT2D eigenvalue weighted by Gasteiger charge is 2.50. The van der Waals surface area contributed by atoms with E-state index in [1.165, 1.54) is 8.61 Å². The summed E-state index contributed by atoms with van der Waals surface area (Å²) < 4.78 is 32.3. The molecule has 2 heterocycles. The van der Waals surface area contributed by atoms with E-state index >= 15 is 0 Å². The maximum atomic E-state index is 12.5. The van der Waals surface area contributed by atoms with Gasteiger partial charge in [0.1, 0.15) is 6.04 Å². The zero-order valence-corrected chi connectivity index (χ0v) is 12.7. The number of rotatable bonds is 5. The molecule has 2 aliphatic rings. The third kappa shape index (κ3) is 2.69. The van der Waals surface area contributed by atoms with E-state index in [-0.39, 0.29) is 19.7 Å². The monoisotopic (exact) mass is 306 g/mol. The fourth-order valence-electron chi connectivity index (χ4n) is 2.64. The summed E-state index contributed by atoms with van der Waals surface area (Å²) in [6.45, 7) is 4.27. The molecule has 0 amide bonds. The first-order valence-corrected chi connectivity index (χ1v) is 8.39. The second kappa shape index (κ2) is 5.59. The number of carbonyl (C=O) groups excluding carboxylic acids is 1. The summed E-state index contributed by atoms with van der Waals surface area (Å²) in [6.07, 6.45) is 1.65. The molecular formula is C12H22N2O5S. The third-order valence-electron chi connectivity index (χ3n) is 3.98. The molecule has 0 aliphatic carbocycles. The van der Waals surface area contributed by atoms with Gasteiger partial charge in [0, 0.05) is 19.6 Å². The molecule has 20 heavy (non-hydrogen) atoms. The molecule has 1 atom stereocenters. The molecule has 0 spiro atoms. The van der Waals surface area contributed by atoms with Crippen molar-refractivity contribution in [1.29, 1.82) is 0 Å². The van der Waals surface area contributed by atoms with Crippen molar-refractivity contribution in [2.45, 2.75) is 44.8 Å². The van der Waals surface area contributed by atoms with Gasteiger partial charge in [-0.3, -0.25) is 4.79 Å². The van der Waals surface area contributed by atoms with Crippen LogP contribution in [0.15, 0.2) is 0 Å². The van der Waals surface area contributed by atoms with Crippen molar-refractivity contribution in [1.82, 2.24) is 8.61 Å². The predicted octanol–water partition coefficient (Wildman–Crippen LogP) is -0.285. The molecule has 1 unspecified atom stereocenters. The van der Waals surface area contributed by atoms with Crippen LogP contribution in [0.1, 0.15) is 33.1 Å². The van der Waals surface area contributed by atoms with Gasteiger partial charge >= 0.3 is 5.97 Å². The van der Waals surface area contributed by atoms with Gasteiger partial charge in [-0.05, 0) is 26.2 Å². The van der Waals surface area contributed by atoms with Crippen LogP contribution in [0.4, 0.5) is 0 Å². The van der Waals surface area contributed by atoms with Gasteiger partial charge in [0.15, 0.2) is 0 Å². The number of carbonyl (C=O) groups is 1. The Bertz CT molecular complexity index is 472. The molecule has 2 saturated heterocycles. The lowest BCUT2D eigenvalue weighted by molar-refractivity contribution is -0.147. The third-order valence-corrected chi connectivity index (χ3v) is 5.92. The summed E-state index contributed by atoms with van der Waals surface area (Å²) in [7, 11) is -3.69. The fourth-order valence-corrected chi connectivity index (χ4v) is 4.61. The van der Waals surface area contributed by atoms with Gasteiger partial charge in [-0.25, -0.2) is 0 Å². The lowest BCUT2D eigenvalue weighted by Gasteiger charge is -2.46. The predicted molar refractivity (Wildman–Crippen MR) is 72.1 cm³/mol. The zero-order valence-electron chi connectivity index (χ0n) is 11.9. The van der Waals surface area contributed by atoms with Crippen LogP contribution in [0.2, 0.25) is 0 Å². The smallest absolute Gasteiger partial charge is 0.324 e. The fraction of sp³-hybridized carbons (Fsp3) is 0.917. The van der Waals surface area contributed by atoms with Crippen molar-refractivity contribution in [3.8, 4) is 0 Å². The van der Waals surface area contributed by atoms with E-state index in [0.29, 0.717) is 25.8 Å². The summed E-state index contributed by atoms with van der Waals surface area (Å²) in [6, 6.07) is -0.727.